The van der Waals surface area contributed by atoms with Crippen LogP contribution in [0.25, 0.3) is 10.9 Å². The third kappa shape index (κ3) is 3.83. The topological polar surface area (TPSA) is 68.0 Å². The first kappa shape index (κ1) is 20.1. The molecule has 4 rings (SSSR count). The van der Waals surface area contributed by atoms with E-state index in [1.54, 1.807) is 22.7 Å². The first-order chi connectivity index (χ1) is 14.0. The molecule has 152 valence electrons. The summed E-state index contributed by atoms with van der Waals surface area (Å²) in [6, 6.07) is 5.93. The molecule has 0 spiro atoms. The van der Waals surface area contributed by atoms with Gasteiger partial charge in [-0.3, -0.25) is 9.36 Å². The van der Waals surface area contributed by atoms with Crippen LogP contribution in [0.4, 0.5) is 0 Å². The van der Waals surface area contributed by atoms with E-state index in [0.29, 0.717) is 5.39 Å². The smallest absolute Gasteiger partial charge is 0.261 e. The third-order valence-corrected chi connectivity index (χ3v) is 6.86. The minimum atomic E-state index is -0.479. The molecule has 0 aliphatic heterocycles. The lowest BCUT2D eigenvalue weighted by atomic mass is 9.92. The first-order valence-electron chi connectivity index (χ1n) is 10.2. The van der Waals surface area contributed by atoms with Crippen molar-refractivity contribution in [1.29, 1.82) is 0 Å². The number of aromatic nitrogens is 3. The predicted molar refractivity (Wildman–Crippen MR) is 118 cm³/mol. The van der Waals surface area contributed by atoms with Crippen LogP contribution in [0.1, 0.15) is 54.0 Å². The van der Waals surface area contributed by atoms with Gasteiger partial charge in [0.25, 0.3) is 5.56 Å². The van der Waals surface area contributed by atoms with Gasteiger partial charge in [-0.2, -0.15) is 0 Å². The molecule has 2 heterocycles. The zero-order valence-corrected chi connectivity index (χ0v) is 18.0. The van der Waals surface area contributed by atoms with Crippen molar-refractivity contribution in [2.24, 2.45) is 0 Å². The van der Waals surface area contributed by atoms with Gasteiger partial charge in [-0.1, -0.05) is 18.9 Å². The molecule has 2 atom stereocenters. The molecule has 0 radical (unpaired) electrons. The molecule has 1 aliphatic rings. The Morgan fingerprint density at radius 3 is 2.66 bits per heavy atom. The maximum absolute atomic E-state index is 13.3. The van der Waals surface area contributed by atoms with Crippen LogP contribution in [0.2, 0.25) is 0 Å². The molecule has 0 bridgehead atoms. The summed E-state index contributed by atoms with van der Waals surface area (Å²) in [5.41, 5.74) is 5.15. The van der Waals surface area contributed by atoms with Crippen LogP contribution in [0.5, 0.6) is 0 Å². The summed E-state index contributed by atoms with van der Waals surface area (Å²) in [5, 5.41) is 12.0. The Morgan fingerprint density at radius 1 is 1.17 bits per heavy atom. The maximum Gasteiger partial charge on any atom is 0.261 e. The molecule has 6 heteroatoms. The monoisotopic (exact) mass is 409 g/mol. The molecule has 5 nitrogen and oxygen atoms in total. The summed E-state index contributed by atoms with van der Waals surface area (Å²) in [5.74, 6) is 0. The van der Waals surface area contributed by atoms with Gasteiger partial charge in [0.15, 0.2) is 0 Å². The van der Waals surface area contributed by atoms with Crippen molar-refractivity contribution < 1.29 is 5.11 Å². The number of thioether (sulfide) groups is 1. The highest BCUT2D eigenvalue weighted by atomic mass is 32.2. The van der Waals surface area contributed by atoms with Gasteiger partial charge in [-0.05, 0) is 73.8 Å². The second kappa shape index (κ2) is 8.28. The van der Waals surface area contributed by atoms with Gasteiger partial charge in [-0.15, -0.1) is 11.8 Å². The van der Waals surface area contributed by atoms with Crippen LogP contribution < -0.4 is 5.56 Å². The van der Waals surface area contributed by atoms with Crippen molar-refractivity contribution in [2.45, 2.75) is 63.1 Å². The van der Waals surface area contributed by atoms with E-state index in [0.717, 1.165) is 64.9 Å². The van der Waals surface area contributed by atoms with E-state index in [4.69, 9.17) is 0 Å². The molecular weight excluding hydrogens is 382 g/mol. The fourth-order valence-electron chi connectivity index (χ4n) is 4.30. The summed E-state index contributed by atoms with van der Waals surface area (Å²) in [6.07, 6.45) is 9.40. The van der Waals surface area contributed by atoms with E-state index in [2.05, 4.69) is 23.0 Å². The molecule has 1 fully saturated rings. The third-order valence-electron chi connectivity index (χ3n) is 6.20. The Hall–Kier alpha value is -2.18. The van der Waals surface area contributed by atoms with Crippen LogP contribution in [0.15, 0.2) is 40.5 Å². The Morgan fingerprint density at radius 2 is 1.97 bits per heavy atom. The zero-order valence-electron chi connectivity index (χ0n) is 17.2. The van der Waals surface area contributed by atoms with Crippen LogP contribution >= 0.6 is 11.8 Å². The highest BCUT2D eigenvalue weighted by Crippen LogP contribution is 2.29. The summed E-state index contributed by atoms with van der Waals surface area (Å²) in [4.78, 5) is 22.4. The highest BCUT2D eigenvalue weighted by molar-refractivity contribution is 7.98. The number of benzene rings is 1. The van der Waals surface area contributed by atoms with Crippen LogP contribution in [-0.4, -0.2) is 32.0 Å². The number of fused-ring (bicyclic) bond motifs is 1. The fraction of sp³-hybridized carbons (Fsp3) is 0.435. The van der Waals surface area contributed by atoms with Crippen molar-refractivity contribution >= 4 is 22.7 Å². The van der Waals surface area contributed by atoms with Crippen LogP contribution in [-0.2, 0) is 6.42 Å². The van der Waals surface area contributed by atoms with Crippen molar-refractivity contribution in [3.63, 3.8) is 0 Å². The average molecular weight is 410 g/mol. The number of aliphatic hydroxyl groups is 1. The van der Waals surface area contributed by atoms with Gasteiger partial charge >= 0.3 is 0 Å². The Labute approximate surface area is 175 Å². The second-order valence-electron chi connectivity index (χ2n) is 7.94. The van der Waals surface area contributed by atoms with Crippen molar-refractivity contribution in [3.05, 3.63) is 63.3 Å². The molecule has 2 unspecified atom stereocenters. The largest absolute Gasteiger partial charge is 0.391 e. The molecule has 3 aromatic rings. The summed E-state index contributed by atoms with van der Waals surface area (Å²) >= 11 is 1.62. The fourth-order valence-corrected chi connectivity index (χ4v) is 4.67. The molecule has 0 saturated heterocycles. The number of hydrogen-bond acceptors (Lipinski definition) is 5. The average Bonchev–Trinajstić information content (AvgIpc) is 2.74. The maximum atomic E-state index is 13.3. The lowest BCUT2D eigenvalue weighted by Crippen LogP contribution is -2.34. The molecule has 1 aliphatic carbocycles. The number of hydrogen-bond donors (Lipinski definition) is 1. The summed E-state index contributed by atoms with van der Waals surface area (Å²) < 4.78 is 1.65. The Balaban J connectivity index is 1.78. The highest BCUT2D eigenvalue weighted by Gasteiger charge is 2.26. The first-order valence-corrected chi connectivity index (χ1v) is 11.4. The van der Waals surface area contributed by atoms with Gasteiger partial charge < -0.3 is 5.11 Å². The van der Waals surface area contributed by atoms with E-state index in [1.165, 1.54) is 0 Å². The number of rotatable bonds is 4. The minimum absolute atomic E-state index is 0.0545. The molecule has 1 aromatic carbocycles. The number of aryl methyl sites for hydroxylation is 1. The Kier molecular flexibility index (Phi) is 5.74. The quantitative estimate of drug-likeness (QED) is 0.654. The Bertz CT molecular complexity index is 1090. The second-order valence-corrected chi connectivity index (χ2v) is 8.77. The van der Waals surface area contributed by atoms with Crippen molar-refractivity contribution in [2.75, 3.05) is 6.26 Å². The number of pyridine rings is 1. The van der Waals surface area contributed by atoms with Crippen LogP contribution in [0.3, 0.4) is 0 Å². The lowest BCUT2D eigenvalue weighted by Gasteiger charge is -2.29. The van der Waals surface area contributed by atoms with E-state index in [-0.39, 0.29) is 11.6 Å². The van der Waals surface area contributed by atoms with E-state index >= 15 is 0 Å². The summed E-state index contributed by atoms with van der Waals surface area (Å²) in [7, 11) is 0. The number of aliphatic hydroxyl groups excluding tert-OH is 1. The minimum Gasteiger partial charge on any atom is -0.391 e. The standard InChI is InChI=1S/C23H27N3O2S/c1-14-15(2)22-18(11-17(14)10-16-8-9-21(29-3)24-12-16)23(28)26(13-25-22)19-6-4-5-7-20(19)27/h8-9,11-13,19-20,27H,4-7,10H2,1-3H3. The molecular formula is C23H27N3O2S. The van der Waals surface area contributed by atoms with Gasteiger partial charge in [0.05, 0.1) is 34.4 Å². The SMILES string of the molecule is CSc1ccc(Cc2cc3c(=O)n(C4CCCCC4O)cnc3c(C)c2C)cn1. The molecule has 29 heavy (non-hydrogen) atoms. The van der Waals surface area contributed by atoms with Gasteiger partial charge in [0.2, 0.25) is 0 Å². The van der Waals surface area contributed by atoms with Crippen molar-refractivity contribution in [1.82, 2.24) is 14.5 Å². The normalized spacial score (nSPS) is 19.6. The molecule has 0 amide bonds. The van der Waals surface area contributed by atoms with Gasteiger partial charge in [-0.25, -0.2) is 9.97 Å². The zero-order chi connectivity index (χ0) is 20.5. The molecule has 2 aromatic heterocycles. The number of nitrogens with zero attached hydrogens (tertiary/aromatic N) is 3. The predicted octanol–water partition coefficient (Wildman–Crippen LogP) is 4.20. The lowest BCUT2D eigenvalue weighted by molar-refractivity contribution is 0.0735. The van der Waals surface area contributed by atoms with Gasteiger partial charge in [0, 0.05) is 6.20 Å². The molecule has 1 N–H and O–H groups in total. The van der Waals surface area contributed by atoms with E-state index in [9.17, 15) is 9.90 Å². The van der Waals surface area contributed by atoms with E-state index in [1.807, 2.05) is 31.5 Å². The van der Waals surface area contributed by atoms with Crippen molar-refractivity contribution in [3.8, 4) is 0 Å². The summed E-state index contributed by atoms with van der Waals surface area (Å²) in [6.45, 7) is 4.12. The molecule has 1 saturated carbocycles. The van der Waals surface area contributed by atoms with E-state index < -0.39 is 6.10 Å². The van der Waals surface area contributed by atoms with Crippen LogP contribution in [0, 0.1) is 13.8 Å². The van der Waals surface area contributed by atoms with Gasteiger partial charge in [0.1, 0.15) is 0 Å².